The number of rotatable bonds is 7. The average molecular weight is 485 g/mol. The van der Waals surface area contributed by atoms with Gasteiger partial charge in [-0.3, -0.25) is 14.3 Å². The van der Waals surface area contributed by atoms with Crippen LogP contribution in [0.1, 0.15) is 34.0 Å². The fourth-order valence-corrected chi connectivity index (χ4v) is 5.09. The Bertz CT molecular complexity index is 1340. The Morgan fingerprint density at radius 1 is 1.06 bits per heavy atom. The molecule has 2 heterocycles. The van der Waals surface area contributed by atoms with E-state index in [9.17, 15) is 18.0 Å². The minimum absolute atomic E-state index is 0.0486. The Morgan fingerprint density at radius 2 is 1.74 bits per heavy atom. The molecule has 0 saturated carbocycles. The van der Waals surface area contributed by atoms with Crippen molar-refractivity contribution in [2.75, 3.05) is 31.8 Å². The molecule has 0 fully saturated rings. The molecule has 2 aromatic carbocycles. The first kappa shape index (κ1) is 23.4. The van der Waals surface area contributed by atoms with Crippen molar-refractivity contribution < 1.29 is 32.2 Å². The first-order valence-electron chi connectivity index (χ1n) is 10.4. The first-order chi connectivity index (χ1) is 16.3. The fourth-order valence-electron chi connectivity index (χ4n) is 4.09. The van der Waals surface area contributed by atoms with E-state index in [4.69, 9.17) is 9.47 Å². The summed E-state index contributed by atoms with van der Waals surface area (Å²) in [5.41, 5.74) is 3.30. The maximum absolute atomic E-state index is 13.3. The van der Waals surface area contributed by atoms with Crippen LogP contribution in [0.5, 0.6) is 11.5 Å². The van der Waals surface area contributed by atoms with Gasteiger partial charge in [-0.25, -0.2) is 8.42 Å². The van der Waals surface area contributed by atoms with Crippen molar-refractivity contribution in [3.05, 3.63) is 71.5 Å². The van der Waals surface area contributed by atoms with E-state index in [1.54, 1.807) is 43.5 Å². The molecule has 0 amide bonds. The number of anilines is 1. The third-order valence-corrected chi connectivity index (χ3v) is 6.87. The van der Waals surface area contributed by atoms with Crippen LogP contribution in [-0.4, -0.2) is 51.8 Å². The van der Waals surface area contributed by atoms with Gasteiger partial charge in [-0.05, 0) is 35.9 Å². The van der Waals surface area contributed by atoms with Crippen molar-refractivity contribution in [3.8, 4) is 17.2 Å². The van der Waals surface area contributed by atoms with E-state index in [0.29, 0.717) is 28.4 Å². The standard InChI is InChI=1S/C24H24N2O7S/c1-31-22-12-18-20(13-23(22)32-2)26-10-4-5-19(26)17(11-21(18)27)15-6-8-16(9-7-15)25-34(29,30)14-24(28)33-3/h4-10,12-13,17,25H,11,14H2,1-3H3. The third-order valence-electron chi connectivity index (χ3n) is 5.71. The molecular formula is C24H24N2O7S. The van der Waals surface area contributed by atoms with Crippen LogP contribution in [-0.2, 0) is 19.6 Å². The summed E-state index contributed by atoms with van der Waals surface area (Å²) >= 11 is 0. The van der Waals surface area contributed by atoms with Gasteiger partial charge in [0, 0.05) is 41.5 Å². The number of sulfonamides is 1. The van der Waals surface area contributed by atoms with Gasteiger partial charge in [0.1, 0.15) is 0 Å². The van der Waals surface area contributed by atoms with Gasteiger partial charge in [-0.2, -0.15) is 0 Å². The number of carbonyl (C=O) groups is 2. The van der Waals surface area contributed by atoms with E-state index in [0.717, 1.165) is 18.4 Å². The number of benzene rings is 2. The maximum atomic E-state index is 13.3. The lowest BCUT2D eigenvalue weighted by atomic mass is 9.90. The van der Waals surface area contributed by atoms with Gasteiger partial charge >= 0.3 is 5.97 Å². The Kier molecular flexibility index (Phi) is 6.34. The SMILES string of the molecule is COC(=O)CS(=O)(=O)Nc1ccc(C2CC(=O)c3cc(OC)c(OC)cc3-n3cccc32)cc1. The maximum Gasteiger partial charge on any atom is 0.322 e. The molecule has 0 bridgehead atoms. The number of carbonyl (C=O) groups excluding carboxylic acids is 2. The minimum Gasteiger partial charge on any atom is -0.493 e. The van der Waals surface area contributed by atoms with Gasteiger partial charge in [-0.1, -0.05) is 12.1 Å². The number of ketones is 1. The fraction of sp³-hybridized carbons (Fsp3) is 0.250. The van der Waals surface area contributed by atoms with Crippen molar-refractivity contribution in [3.63, 3.8) is 0 Å². The predicted molar refractivity (Wildman–Crippen MR) is 126 cm³/mol. The Hall–Kier alpha value is -3.79. The van der Waals surface area contributed by atoms with E-state index >= 15 is 0 Å². The number of fused-ring (bicyclic) bond motifs is 3. The minimum atomic E-state index is -3.89. The van der Waals surface area contributed by atoms with Gasteiger partial charge in [0.05, 0.1) is 27.0 Å². The number of nitrogens with zero attached hydrogens (tertiary/aromatic N) is 1. The van der Waals surface area contributed by atoms with Crippen LogP contribution in [0.3, 0.4) is 0 Å². The lowest BCUT2D eigenvalue weighted by molar-refractivity contribution is -0.137. The highest BCUT2D eigenvalue weighted by molar-refractivity contribution is 7.93. The Labute approximate surface area is 197 Å². The molecule has 1 unspecified atom stereocenters. The molecule has 9 nitrogen and oxygen atoms in total. The topological polar surface area (TPSA) is 113 Å². The molecule has 34 heavy (non-hydrogen) atoms. The highest BCUT2D eigenvalue weighted by Gasteiger charge is 2.30. The average Bonchev–Trinajstić information content (AvgIpc) is 3.27. The second kappa shape index (κ2) is 9.22. The largest absolute Gasteiger partial charge is 0.493 e. The summed E-state index contributed by atoms with van der Waals surface area (Å²) in [5.74, 6) is -0.933. The van der Waals surface area contributed by atoms with Crippen LogP contribution >= 0.6 is 0 Å². The zero-order chi connectivity index (χ0) is 24.5. The number of aromatic nitrogens is 1. The molecule has 1 aliphatic rings. The molecule has 3 aromatic rings. The summed E-state index contributed by atoms with van der Waals surface area (Å²) in [6.07, 6.45) is 2.11. The van der Waals surface area contributed by atoms with E-state index in [-0.39, 0.29) is 18.1 Å². The quantitative estimate of drug-likeness (QED) is 0.513. The third kappa shape index (κ3) is 4.49. The monoisotopic (exact) mass is 484 g/mol. The normalized spacial score (nSPS) is 15.0. The zero-order valence-corrected chi connectivity index (χ0v) is 19.7. The van der Waals surface area contributed by atoms with Crippen molar-refractivity contribution >= 4 is 27.5 Å². The summed E-state index contributed by atoms with van der Waals surface area (Å²) in [6.45, 7) is 0. The van der Waals surface area contributed by atoms with Crippen molar-refractivity contribution in [1.82, 2.24) is 4.57 Å². The molecule has 4 rings (SSSR count). The van der Waals surface area contributed by atoms with E-state index in [2.05, 4.69) is 9.46 Å². The second-order valence-corrected chi connectivity index (χ2v) is 9.49. The number of nitrogens with one attached hydrogen (secondary N) is 1. The molecule has 0 saturated heterocycles. The molecule has 1 N–H and O–H groups in total. The van der Waals surface area contributed by atoms with Crippen LogP contribution in [0.2, 0.25) is 0 Å². The molecule has 1 atom stereocenters. The number of hydrogen-bond acceptors (Lipinski definition) is 7. The molecule has 1 aromatic heterocycles. The molecule has 1 aliphatic heterocycles. The molecule has 0 spiro atoms. The van der Waals surface area contributed by atoms with Gasteiger partial charge < -0.3 is 18.8 Å². The van der Waals surface area contributed by atoms with Gasteiger partial charge in [-0.15, -0.1) is 0 Å². The summed E-state index contributed by atoms with van der Waals surface area (Å²) < 4.78 is 43.8. The van der Waals surface area contributed by atoms with Gasteiger partial charge in [0.25, 0.3) is 0 Å². The highest BCUT2D eigenvalue weighted by atomic mass is 32.2. The van der Waals surface area contributed by atoms with E-state index < -0.39 is 21.7 Å². The Morgan fingerprint density at radius 3 is 2.38 bits per heavy atom. The van der Waals surface area contributed by atoms with Crippen LogP contribution < -0.4 is 14.2 Å². The Balaban J connectivity index is 1.67. The smallest absolute Gasteiger partial charge is 0.322 e. The predicted octanol–water partition coefficient (Wildman–Crippen LogP) is 3.13. The molecule has 10 heteroatoms. The van der Waals surface area contributed by atoms with Crippen molar-refractivity contribution in [1.29, 1.82) is 0 Å². The van der Waals surface area contributed by atoms with Crippen molar-refractivity contribution in [2.24, 2.45) is 0 Å². The van der Waals surface area contributed by atoms with Gasteiger partial charge in [0.2, 0.25) is 10.0 Å². The van der Waals surface area contributed by atoms with Crippen LogP contribution in [0.15, 0.2) is 54.7 Å². The summed E-state index contributed by atoms with van der Waals surface area (Å²) in [6, 6.07) is 14.1. The molecule has 0 aliphatic carbocycles. The second-order valence-electron chi connectivity index (χ2n) is 7.77. The highest BCUT2D eigenvalue weighted by Crippen LogP contribution is 2.40. The number of ether oxygens (including phenoxy) is 3. The number of Topliss-reactive ketones (excluding diaryl/α,β-unsaturated/α-hetero) is 1. The molecular weight excluding hydrogens is 460 g/mol. The number of methoxy groups -OCH3 is 3. The summed E-state index contributed by atoms with van der Waals surface area (Å²) in [5, 5.41) is 0. The molecule has 0 radical (unpaired) electrons. The van der Waals surface area contributed by atoms with Crippen molar-refractivity contribution in [2.45, 2.75) is 12.3 Å². The van der Waals surface area contributed by atoms with Crippen LogP contribution in [0.4, 0.5) is 5.69 Å². The molecule has 178 valence electrons. The first-order valence-corrected chi connectivity index (χ1v) is 12.1. The summed E-state index contributed by atoms with van der Waals surface area (Å²) in [7, 11) is 0.301. The van der Waals surface area contributed by atoms with E-state index in [1.807, 2.05) is 22.9 Å². The summed E-state index contributed by atoms with van der Waals surface area (Å²) in [4.78, 5) is 24.6. The number of hydrogen-bond donors (Lipinski definition) is 1. The zero-order valence-electron chi connectivity index (χ0n) is 18.9. The van der Waals surface area contributed by atoms with Gasteiger partial charge in [0.15, 0.2) is 23.0 Å². The lowest BCUT2D eigenvalue weighted by Gasteiger charge is -2.17. The van der Waals surface area contributed by atoms with E-state index in [1.165, 1.54) is 7.11 Å². The lowest BCUT2D eigenvalue weighted by Crippen LogP contribution is -2.23. The van der Waals surface area contributed by atoms with Crippen LogP contribution in [0.25, 0.3) is 5.69 Å². The van der Waals surface area contributed by atoms with Crippen LogP contribution in [0, 0.1) is 0 Å². The number of esters is 1.